The number of unbranched alkanes of at least 4 members (excludes halogenated alkanes) is 1. The first kappa shape index (κ1) is 15.8. The van der Waals surface area contributed by atoms with Crippen molar-refractivity contribution in [2.45, 2.75) is 19.8 Å². The molecule has 0 fully saturated rings. The highest BCUT2D eigenvalue weighted by molar-refractivity contribution is 5.87. The number of ether oxygens (including phenoxy) is 1. The van der Waals surface area contributed by atoms with Crippen LogP contribution in [0.1, 0.15) is 30.3 Å². The van der Waals surface area contributed by atoms with Crippen LogP contribution >= 0.6 is 0 Å². The number of benzene rings is 1. The monoisotopic (exact) mass is 301 g/mol. The Morgan fingerprint density at radius 3 is 2.59 bits per heavy atom. The van der Waals surface area contributed by atoms with Gasteiger partial charge in [0, 0.05) is 18.7 Å². The summed E-state index contributed by atoms with van der Waals surface area (Å²) in [6, 6.07) is 8.71. The molecule has 6 heteroatoms. The lowest BCUT2D eigenvalue weighted by Crippen LogP contribution is -2.05. The number of nitrogens with zero attached hydrogens (tertiary/aromatic N) is 2. The van der Waals surface area contributed by atoms with Gasteiger partial charge in [0.25, 0.3) is 0 Å². The second kappa shape index (κ2) is 7.40. The number of rotatable bonds is 7. The van der Waals surface area contributed by atoms with Crippen LogP contribution in [0.25, 0.3) is 11.4 Å². The Bertz CT molecular complexity index is 642. The van der Waals surface area contributed by atoms with Gasteiger partial charge in [-0.3, -0.25) is 0 Å². The van der Waals surface area contributed by atoms with E-state index in [0.717, 1.165) is 24.2 Å². The predicted octanol–water partition coefficient (Wildman–Crippen LogP) is 3.06. The topological polar surface area (TPSA) is 84.3 Å². The Balaban J connectivity index is 2.23. The van der Waals surface area contributed by atoms with Gasteiger partial charge in [-0.05, 0) is 30.7 Å². The average Bonchev–Trinajstić information content (AvgIpc) is 2.55. The van der Waals surface area contributed by atoms with E-state index < -0.39 is 5.97 Å². The van der Waals surface area contributed by atoms with E-state index in [1.54, 1.807) is 7.05 Å². The van der Waals surface area contributed by atoms with Crippen molar-refractivity contribution in [3.63, 3.8) is 0 Å². The molecule has 22 heavy (non-hydrogen) atoms. The minimum Gasteiger partial charge on any atom is -0.494 e. The lowest BCUT2D eigenvalue weighted by atomic mass is 10.2. The maximum Gasteiger partial charge on any atom is 0.354 e. The molecular weight excluding hydrogens is 282 g/mol. The van der Waals surface area contributed by atoms with Crippen molar-refractivity contribution >= 4 is 11.8 Å². The van der Waals surface area contributed by atoms with Crippen LogP contribution in [0.4, 0.5) is 5.82 Å². The van der Waals surface area contributed by atoms with Crippen molar-refractivity contribution < 1.29 is 14.6 Å². The molecule has 0 radical (unpaired) electrons. The predicted molar refractivity (Wildman–Crippen MR) is 84.4 cm³/mol. The van der Waals surface area contributed by atoms with Crippen molar-refractivity contribution in [2.75, 3.05) is 19.0 Å². The highest BCUT2D eigenvalue weighted by Gasteiger charge is 2.11. The van der Waals surface area contributed by atoms with Crippen LogP contribution in [0.2, 0.25) is 0 Å². The average molecular weight is 301 g/mol. The van der Waals surface area contributed by atoms with Gasteiger partial charge in [0.05, 0.1) is 6.61 Å². The smallest absolute Gasteiger partial charge is 0.354 e. The lowest BCUT2D eigenvalue weighted by molar-refractivity contribution is 0.0690. The third-order valence-corrected chi connectivity index (χ3v) is 3.08. The largest absolute Gasteiger partial charge is 0.494 e. The SMILES string of the molecule is CCCCOc1ccc(-c2nc(NC)cc(C(=O)O)n2)cc1. The van der Waals surface area contributed by atoms with E-state index in [2.05, 4.69) is 22.2 Å². The Morgan fingerprint density at radius 1 is 1.27 bits per heavy atom. The number of aromatic nitrogens is 2. The summed E-state index contributed by atoms with van der Waals surface area (Å²) in [5.74, 6) is 0.523. The standard InChI is InChI=1S/C16H19N3O3/c1-3-4-9-22-12-7-5-11(6-8-12)15-18-13(16(20)21)10-14(17-2)19-15/h5-8,10H,3-4,9H2,1-2H3,(H,20,21)(H,17,18,19). The van der Waals surface area contributed by atoms with Crippen molar-refractivity contribution in [2.24, 2.45) is 0 Å². The molecule has 0 atom stereocenters. The van der Waals surface area contributed by atoms with Crippen LogP contribution in [-0.2, 0) is 0 Å². The normalized spacial score (nSPS) is 10.3. The molecule has 0 aliphatic rings. The molecule has 2 rings (SSSR count). The van der Waals surface area contributed by atoms with Gasteiger partial charge in [-0.2, -0.15) is 0 Å². The Labute approximate surface area is 129 Å². The summed E-state index contributed by atoms with van der Waals surface area (Å²) < 4.78 is 5.60. The zero-order valence-corrected chi connectivity index (χ0v) is 12.7. The summed E-state index contributed by atoms with van der Waals surface area (Å²) in [6.45, 7) is 2.79. The fraction of sp³-hybridized carbons (Fsp3) is 0.312. The van der Waals surface area contributed by atoms with E-state index in [1.165, 1.54) is 6.07 Å². The number of carboxylic acid groups (broad SMARTS) is 1. The molecule has 2 N–H and O–H groups in total. The number of carbonyl (C=O) groups is 1. The number of hydrogen-bond donors (Lipinski definition) is 2. The summed E-state index contributed by atoms with van der Waals surface area (Å²) in [6.07, 6.45) is 2.09. The van der Waals surface area contributed by atoms with Crippen molar-refractivity contribution in [3.05, 3.63) is 36.0 Å². The van der Waals surface area contributed by atoms with E-state index in [0.29, 0.717) is 18.2 Å². The number of nitrogens with one attached hydrogen (secondary N) is 1. The van der Waals surface area contributed by atoms with Gasteiger partial charge >= 0.3 is 5.97 Å². The van der Waals surface area contributed by atoms with Crippen molar-refractivity contribution in [1.82, 2.24) is 9.97 Å². The molecule has 116 valence electrons. The third kappa shape index (κ3) is 3.94. The molecular formula is C16H19N3O3. The fourth-order valence-corrected chi connectivity index (χ4v) is 1.85. The van der Waals surface area contributed by atoms with Crippen LogP contribution in [0, 0.1) is 0 Å². The summed E-state index contributed by atoms with van der Waals surface area (Å²) >= 11 is 0. The first-order valence-corrected chi connectivity index (χ1v) is 7.17. The van der Waals surface area contributed by atoms with Crippen LogP contribution in [0.5, 0.6) is 5.75 Å². The maximum absolute atomic E-state index is 11.1. The molecule has 0 aliphatic heterocycles. The van der Waals surface area contributed by atoms with E-state index in [-0.39, 0.29) is 5.69 Å². The number of aromatic carboxylic acids is 1. The molecule has 1 aromatic heterocycles. The molecule has 6 nitrogen and oxygen atoms in total. The highest BCUT2D eigenvalue weighted by atomic mass is 16.5. The molecule has 1 aromatic carbocycles. The Kier molecular flexibility index (Phi) is 5.30. The molecule has 0 unspecified atom stereocenters. The van der Waals surface area contributed by atoms with Crippen LogP contribution in [0.3, 0.4) is 0 Å². The highest BCUT2D eigenvalue weighted by Crippen LogP contribution is 2.21. The molecule has 1 heterocycles. The fourth-order valence-electron chi connectivity index (χ4n) is 1.85. The molecule has 0 saturated carbocycles. The minimum atomic E-state index is -1.08. The van der Waals surface area contributed by atoms with Crippen molar-refractivity contribution in [3.8, 4) is 17.1 Å². The number of carboxylic acids is 1. The van der Waals surface area contributed by atoms with E-state index >= 15 is 0 Å². The Morgan fingerprint density at radius 2 is 2.00 bits per heavy atom. The van der Waals surface area contributed by atoms with Gasteiger partial charge in [-0.25, -0.2) is 14.8 Å². The van der Waals surface area contributed by atoms with Crippen molar-refractivity contribution in [1.29, 1.82) is 0 Å². The summed E-state index contributed by atoms with van der Waals surface area (Å²) in [7, 11) is 1.68. The maximum atomic E-state index is 11.1. The second-order valence-electron chi connectivity index (χ2n) is 4.74. The van der Waals surface area contributed by atoms with Crippen LogP contribution in [0.15, 0.2) is 30.3 Å². The first-order chi connectivity index (χ1) is 10.6. The number of hydrogen-bond acceptors (Lipinski definition) is 5. The second-order valence-corrected chi connectivity index (χ2v) is 4.74. The zero-order valence-electron chi connectivity index (χ0n) is 12.7. The minimum absolute atomic E-state index is 0.0439. The van der Waals surface area contributed by atoms with Gasteiger partial charge in [0.1, 0.15) is 11.6 Å². The molecule has 0 bridgehead atoms. The molecule has 0 saturated heterocycles. The zero-order chi connectivity index (χ0) is 15.9. The summed E-state index contributed by atoms with van der Waals surface area (Å²) in [5.41, 5.74) is 0.695. The first-order valence-electron chi connectivity index (χ1n) is 7.17. The van der Waals surface area contributed by atoms with Crippen LogP contribution in [-0.4, -0.2) is 34.7 Å². The van der Waals surface area contributed by atoms with Crippen LogP contribution < -0.4 is 10.1 Å². The quantitative estimate of drug-likeness (QED) is 0.765. The van der Waals surface area contributed by atoms with Gasteiger partial charge in [-0.1, -0.05) is 13.3 Å². The van der Waals surface area contributed by atoms with E-state index in [4.69, 9.17) is 9.84 Å². The van der Waals surface area contributed by atoms with Gasteiger partial charge in [-0.15, -0.1) is 0 Å². The summed E-state index contributed by atoms with van der Waals surface area (Å²) in [4.78, 5) is 19.5. The summed E-state index contributed by atoms with van der Waals surface area (Å²) in [5, 5.41) is 11.9. The molecule has 2 aromatic rings. The number of anilines is 1. The molecule has 0 amide bonds. The molecule has 0 aliphatic carbocycles. The van der Waals surface area contributed by atoms with E-state index in [9.17, 15) is 4.79 Å². The third-order valence-electron chi connectivity index (χ3n) is 3.08. The Hall–Kier alpha value is -2.63. The van der Waals surface area contributed by atoms with E-state index in [1.807, 2.05) is 24.3 Å². The molecule has 0 spiro atoms. The van der Waals surface area contributed by atoms with Gasteiger partial charge in [0.2, 0.25) is 0 Å². The van der Waals surface area contributed by atoms with Gasteiger partial charge in [0.15, 0.2) is 11.5 Å². The lowest BCUT2D eigenvalue weighted by Gasteiger charge is -2.08. The van der Waals surface area contributed by atoms with Gasteiger partial charge < -0.3 is 15.2 Å².